The van der Waals surface area contributed by atoms with Gasteiger partial charge in [-0.25, -0.2) is 4.79 Å². The number of nitrogens with one attached hydrogen (secondary N) is 2. The summed E-state index contributed by atoms with van der Waals surface area (Å²) in [6.45, 7) is -1.63. The van der Waals surface area contributed by atoms with Crippen molar-refractivity contribution in [2.75, 3.05) is 13.1 Å². The van der Waals surface area contributed by atoms with Crippen molar-refractivity contribution in [1.29, 1.82) is 0 Å². The highest BCUT2D eigenvalue weighted by Gasteiger charge is 2.08. The predicted octanol–water partition coefficient (Wildman–Crippen LogP) is 1.05. The average Bonchev–Trinajstić information content (AvgIpc) is 2.29. The lowest BCUT2D eigenvalue weighted by Crippen LogP contribution is -2.35. The molecule has 7 heteroatoms. The topological polar surface area (TPSA) is 76.4 Å². The second-order valence-electron chi connectivity index (χ2n) is 3.45. The fourth-order valence-corrected chi connectivity index (χ4v) is 1.36. The zero-order chi connectivity index (χ0) is 13.4. The number of benzene rings is 1. The molecule has 0 spiro atoms. The first-order chi connectivity index (χ1) is 8.59. The summed E-state index contributed by atoms with van der Waals surface area (Å²) in [7, 11) is 0. The molecule has 0 aromatic heterocycles. The first-order valence-electron chi connectivity index (χ1n) is 5.36. The maximum Gasteiger partial charge on any atom is 0.387 e. The molecule has 1 rings (SSSR count). The Balaban J connectivity index is 2.39. The molecule has 0 fully saturated rings. The molecule has 0 aliphatic carbocycles. The quantitative estimate of drug-likeness (QED) is 0.640. The Bertz CT molecular complexity index is 388. The molecule has 0 radical (unpaired) electrons. The lowest BCUT2D eigenvalue weighted by molar-refractivity contribution is -0.0504. The molecule has 2 amide bonds. The fraction of sp³-hybridized carbons (Fsp3) is 0.364. The van der Waals surface area contributed by atoms with Gasteiger partial charge in [-0.1, -0.05) is 18.2 Å². The third-order valence-corrected chi connectivity index (χ3v) is 2.11. The number of para-hydroxylation sites is 1. The van der Waals surface area contributed by atoms with Crippen LogP contribution < -0.4 is 21.1 Å². The first kappa shape index (κ1) is 14.2. The molecule has 0 atom stereocenters. The zero-order valence-electron chi connectivity index (χ0n) is 9.66. The molecular weight excluding hydrogens is 244 g/mol. The summed E-state index contributed by atoms with van der Waals surface area (Å²) < 4.78 is 28.6. The van der Waals surface area contributed by atoms with Gasteiger partial charge in [-0.05, 0) is 6.07 Å². The van der Waals surface area contributed by atoms with Crippen LogP contribution in [-0.2, 0) is 6.54 Å². The lowest BCUT2D eigenvalue weighted by atomic mass is 10.2. The maximum absolute atomic E-state index is 12.1. The van der Waals surface area contributed by atoms with Crippen LogP contribution >= 0.6 is 0 Å². The van der Waals surface area contributed by atoms with Gasteiger partial charge in [0.25, 0.3) is 0 Å². The number of hydrogen-bond donors (Lipinski definition) is 3. The predicted molar refractivity (Wildman–Crippen MR) is 62.4 cm³/mol. The molecule has 0 aliphatic rings. The number of ether oxygens (including phenoxy) is 1. The van der Waals surface area contributed by atoms with Crippen LogP contribution in [0.5, 0.6) is 5.75 Å². The molecule has 0 heterocycles. The minimum atomic E-state index is -2.84. The van der Waals surface area contributed by atoms with E-state index in [9.17, 15) is 13.6 Å². The number of primary amides is 1. The van der Waals surface area contributed by atoms with E-state index >= 15 is 0 Å². The van der Waals surface area contributed by atoms with E-state index in [2.05, 4.69) is 15.4 Å². The number of carbonyl (C=O) groups excluding carboxylic acids is 1. The van der Waals surface area contributed by atoms with Gasteiger partial charge in [-0.3, -0.25) is 0 Å². The van der Waals surface area contributed by atoms with Crippen molar-refractivity contribution < 1.29 is 18.3 Å². The van der Waals surface area contributed by atoms with Crippen LogP contribution in [-0.4, -0.2) is 25.7 Å². The number of urea groups is 1. The molecule has 0 aliphatic heterocycles. The number of alkyl halides is 2. The Morgan fingerprint density at radius 1 is 1.33 bits per heavy atom. The van der Waals surface area contributed by atoms with Crippen LogP contribution in [0, 0.1) is 0 Å². The van der Waals surface area contributed by atoms with Crippen LogP contribution in [0.4, 0.5) is 13.6 Å². The van der Waals surface area contributed by atoms with Crippen molar-refractivity contribution in [2.24, 2.45) is 5.73 Å². The Labute approximate surface area is 103 Å². The summed E-state index contributed by atoms with van der Waals surface area (Å²) in [5, 5.41) is 5.38. The number of amides is 2. The van der Waals surface area contributed by atoms with E-state index in [0.29, 0.717) is 25.2 Å². The number of nitrogens with two attached hydrogens (primary N) is 1. The van der Waals surface area contributed by atoms with Gasteiger partial charge < -0.3 is 21.1 Å². The molecule has 100 valence electrons. The number of carbonyl (C=O) groups is 1. The van der Waals surface area contributed by atoms with Crippen LogP contribution in [0.15, 0.2) is 24.3 Å². The van der Waals surface area contributed by atoms with Crippen molar-refractivity contribution in [1.82, 2.24) is 10.6 Å². The number of rotatable bonds is 7. The summed E-state index contributed by atoms with van der Waals surface area (Å²) in [6.07, 6.45) is 0. The van der Waals surface area contributed by atoms with Crippen molar-refractivity contribution in [3.05, 3.63) is 29.8 Å². The molecule has 4 N–H and O–H groups in total. The highest BCUT2D eigenvalue weighted by Crippen LogP contribution is 2.19. The SMILES string of the molecule is NC(=O)NCCNCc1ccccc1OC(F)F. The summed E-state index contributed by atoms with van der Waals surface area (Å²) >= 11 is 0. The van der Waals surface area contributed by atoms with Gasteiger partial charge in [0.05, 0.1) is 0 Å². The van der Waals surface area contributed by atoms with Gasteiger partial charge >= 0.3 is 12.6 Å². The summed E-state index contributed by atoms with van der Waals surface area (Å²) in [4.78, 5) is 10.4. The van der Waals surface area contributed by atoms with Crippen molar-refractivity contribution in [3.63, 3.8) is 0 Å². The van der Waals surface area contributed by atoms with Crippen molar-refractivity contribution in [2.45, 2.75) is 13.2 Å². The van der Waals surface area contributed by atoms with Gasteiger partial charge in [0.1, 0.15) is 5.75 Å². The monoisotopic (exact) mass is 259 g/mol. The summed E-state index contributed by atoms with van der Waals surface area (Å²) in [5.74, 6) is 0.142. The summed E-state index contributed by atoms with van der Waals surface area (Å²) in [6, 6.07) is 5.92. The molecule has 0 saturated carbocycles. The Morgan fingerprint density at radius 3 is 2.72 bits per heavy atom. The van der Waals surface area contributed by atoms with Crippen molar-refractivity contribution >= 4 is 6.03 Å². The standard InChI is InChI=1S/C11H15F2N3O2/c12-10(13)18-9-4-2-1-3-8(9)7-15-5-6-16-11(14)17/h1-4,10,15H,5-7H2,(H3,14,16,17). The average molecular weight is 259 g/mol. The van der Waals surface area contributed by atoms with E-state index in [4.69, 9.17) is 5.73 Å². The van der Waals surface area contributed by atoms with Gasteiger partial charge in [0, 0.05) is 25.2 Å². The summed E-state index contributed by atoms with van der Waals surface area (Å²) in [5.41, 5.74) is 5.51. The van der Waals surface area contributed by atoms with Gasteiger partial charge in [-0.2, -0.15) is 8.78 Å². The molecular formula is C11H15F2N3O2. The van der Waals surface area contributed by atoms with E-state index in [0.717, 1.165) is 0 Å². The van der Waals surface area contributed by atoms with Gasteiger partial charge in [0.2, 0.25) is 0 Å². The highest BCUT2D eigenvalue weighted by atomic mass is 19.3. The van der Waals surface area contributed by atoms with Crippen LogP contribution in [0.25, 0.3) is 0 Å². The third-order valence-electron chi connectivity index (χ3n) is 2.11. The van der Waals surface area contributed by atoms with Crippen LogP contribution in [0.1, 0.15) is 5.56 Å². The van der Waals surface area contributed by atoms with Crippen LogP contribution in [0.3, 0.4) is 0 Å². The molecule has 0 bridgehead atoms. The Kier molecular flexibility index (Phi) is 5.86. The second-order valence-corrected chi connectivity index (χ2v) is 3.45. The minimum absolute atomic E-state index is 0.142. The Hall–Kier alpha value is -1.89. The molecule has 18 heavy (non-hydrogen) atoms. The van der Waals surface area contributed by atoms with E-state index in [-0.39, 0.29) is 5.75 Å². The van der Waals surface area contributed by atoms with Crippen LogP contribution in [0.2, 0.25) is 0 Å². The molecule has 1 aromatic rings. The van der Waals surface area contributed by atoms with Crippen molar-refractivity contribution in [3.8, 4) is 5.75 Å². The minimum Gasteiger partial charge on any atom is -0.434 e. The maximum atomic E-state index is 12.1. The highest BCUT2D eigenvalue weighted by molar-refractivity contribution is 5.71. The van der Waals surface area contributed by atoms with E-state index < -0.39 is 12.6 Å². The largest absolute Gasteiger partial charge is 0.434 e. The molecule has 5 nitrogen and oxygen atoms in total. The number of halogens is 2. The molecule has 0 saturated heterocycles. The number of hydrogen-bond acceptors (Lipinski definition) is 3. The third kappa shape index (κ3) is 5.44. The smallest absolute Gasteiger partial charge is 0.387 e. The lowest BCUT2D eigenvalue weighted by Gasteiger charge is -2.11. The molecule has 0 unspecified atom stereocenters. The molecule has 1 aromatic carbocycles. The normalized spacial score (nSPS) is 10.4. The zero-order valence-corrected chi connectivity index (χ0v) is 9.66. The second kappa shape index (κ2) is 7.44. The van der Waals surface area contributed by atoms with E-state index in [1.54, 1.807) is 18.2 Å². The van der Waals surface area contributed by atoms with Gasteiger partial charge in [-0.15, -0.1) is 0 Å². The Morgan fingerprint density at radius 2 is 2.06 bits per heavy atom. The fourth-order valence-electron chi connectivity index (χ4n) is 1.36. The van der Waals surface area contributed by atoms with E-state index in [1.807, 2.05) is 0 Å². The van der Waals surface area contributed by atoms with E-state index in [1.165, 1.54) is 6.07 Å². The van der Waals surface area contributed by atoms with Gasteiger partial charge in [0.15, 0.2) is 0 Å². The first-order valence-corrected chi connectivity index (χ1v) is 5.36.